The molecule has 0 heterocycles. The molecule has 1 rings (SSSR count). The van der Waals surface area contributed by atoms with Crippen molar-refractivity contribution in [1.82, 2.24) is 4.90 Å². The fourth-order valence-corrected chi connectivity index (χ4v) is 1.67. The predicted molar refractivity (Wildman–Crippen MR) is 62.2 cm³/mol. The lowest BCUT2D eigenvalue weighted by atomic mass is 10.1. The molecule has 0 aliphatic carbocycles. The van der Waals surface area contributed by atoms with Gasteiger partial charge in [-0.05, 0) is 37.7 Å². The molecule has 0 N–H and O–H groups in total. The van der Waals surface area contributed by atoms with Crippen molar-refractivity contribution in [3.8, 4) is 12.1 Å². The molecular formula is C13H14FN3. The molecule has 1 aromatic rings. The van der Waals surface area contributed by atoms with Crippen molar-refractivity contribution in [3.05, 3.63) is 35.1 Å². The van der Waals surface area contributed by atoms with Crippen LogP contribution < -0.4 is 0 Å². The Bertz CT molecular complexity index is 471. The van der Waals surface area contributed by atoms with Crippen LogP contribution in [-0.4, -0.2) is 18.5 Å². The van der Waals surface area contributed by atoms with Gasteiger partial charge in [0.1, 0.15) is 5.82 Å². The van der Waals surface area contributed by atoms with Crippen molar-refractivity contribution >= 4 is 0 Å². The Morgan fingerprint density at radius 1 is 1.41 bits per heavy atom. The maximum atomic E-state index is 13.1. The Labute approximate surface area is 101 Å². The summed E-state index contributed by atoms with van der Waals surface area (Å²) in [6.07, 6.45) is 0. The van der Waals surface area contributed by atoms with Gasteiger partial charge < -0.3 is 4.90 Å². The summed E-state index contributed by atoms with van der Waals surface area (Å²) in [5, 5.41) is 17.6. The first kappa shape index (κ1) is 13.2. The highest BCUT2D eigenvalue weighted by Crippen LogP contribution is 2.13. The van der Waals surface area contributed by atoms with Crippen LogP contribution in [0.3, 0.4) is 0 Å². The van der Waals surface area contributed by atoms with Crippen LogP contribution in [0.1, 0.15) is 18.1 Å². The zero-order chi connectivity index (χ0) is 12.8. The third kappa shape index (κ3) is 3.86. The normalized spacial score (nSPS) is 11.9. The van der Waals surface area contributed by atoms with Crippen molar-refractivity contribution in [2.45, 2.75) is 13.5 Å². The van der Waals surface area contributed by atoms with Gasteiger partial charge in [-0.3, -0.25) is 0 Å². The lowest BCUT2D eigenvalue weighted by molar-refractivity contribution is 0.302. The topological polar surface area (TPSA) is 50.8 Å². The highest BCUT2D eigenvalue weighted by atomic mass is 19.1. The minimum atomic E-state index is -0.347. The lowest BCUT2D eigenvalue weighted by Crippen LogP contribution is -2.23. The van der Waals surface area contributed by atoms with Gasteiger partial charge in [0.05, 0.1) is 23.6 Å². The Kier molecular flexibility index (Phi) is 4.63. The smallest absolute Gasteiger partial charge is 0.123 e. The van der Waals surface area contributed by atoms with E-state index in [0.29, 0.717) is 24.2 Å². The highest BCUT2D eigenvalue weighted by molar-refractivity contribution is 5.37. The molecule has 0 aliphatic heterocycles. The minimum absolute atomic E-state index is 0.0842. The van der Waals surface area contributed by atoms with Gasteiger partial charge in [0, 0.05) is 13.1 Å². The van der Waals surface area contributed by atoms with Crippen molar-refractivity contribution in [2.24, 2.45) is 5.92 Å². The van der Waals surface area contributed by atoms with Crippen LogP contribution in [0, 0.1) is 34.4 Å². The van der Waals surface area contributed by atoms with E-state index in [1.54, 1.807) is 0 Å². The van der Waals surface area contributed by atoms with Crippen LogP contribution in [0.25, 0.3) is 0 Å². The maximum Gasteiger partial charge on any atom is 0.123 e. The molecule has 0 saturated carbocycles. The average molecular weight is 231 g/mol. The predicted octanol–water partition coefficient (Wildman–Crippen LogP) is 2.29. The molecule has 1 atom stereocenters. The molecule has 1 aromatic carbocycles. The number of rotatable bonds is 4. The van der Waals surface area contributed by atoms with E-state index in [2.05, 4.69) is 6.07 Å². The maximum absolute atomic E-state index is 13.1. The van der Waals surface area contributed by atoms with Crippen LogP contribution in [0.4, 0.5) is 4.39 Å². The second kappa shape index (κ2) is 5.98. The zero-order valence-corrected chi connectivity index (χ0v) is 9.94. The Balaban J connectivity index is 2.78. The summed E-state index contributed by atoms with van der Waals surface area (Å²) in [5.41, 5.74) is 1.13. The molecule has 17 heavy (non-hydrogen) atoms. The number of benzene rings is 1. The van der Waals surface area contributed by atoms with Gasteiger partial charge in [-0.25, -0.2) is 4.39 Å². The van der Waals surface area contributed by atoms with Gasteiger partial charge in [-0.1, -0.05) is 0 Å². The SMILES string of the molecule is CC(C#N)CN(C)Cc1cc(F)ccc1C#N. The summed E-state index contributed by atoms with van der Waals surface area (Å²) in [4.78, 5) is 1.91. The Morgan fingerprint density at radius 2 is 2.12 bits per heavy atom. The molecule has 0 fully saturated rings. The van der Waals surface area contributed by atoms with Crippen LogP contribution in [0.2, 0.25) is 0 Å². The number of hydrogen-bond donors (Lipinski definition) is 0. The van der Waals surface area contributed by atoms with Crippen LogP contribution in [0.5, 0.6) is 0 Å². The van der Waals surface area contributed by atoms with E-state index < -0.39 is 0 Å². The molecule has 88 valence electrons. The summed E-state index contributed by atoms with van der Waals surface area (Å²) in [5.74, 6) is -0.431. The molecule has 0 aromatic heterocycles. The van der Waals surface area contributed by atoms with E-state index in [-0.39, 0.29) is 11.7 Å². The quantitative estimate of drug-likeness (QED) is 0.798. The van der Waals surface area contributed by atoms with E-state index in [9.17, 15) is 4.39 Å². The van der Waals surface area contributed by atoms with Crippen LogP contribution >= 0.6 is 0 Å². The lowest BCUT2D eigenvalue weighted by Gasteiger charge is -2.18. The van der Waals surface area contributed by atoms with Gasteiger partial charge in [0.15, 0.2) is 0 Å². The van der Waals surface area contributed by atoms with Gasteiger partial charge in [0.2, 0.25) is 0 Å². The molecule has 0 saturated heterocycles. The molecule has 0 amide bonds. The van der Waals surface area contributed by atoms with Crippen LogP contribution in [0.15, 0.2) is 18.2 Å². The number of nitriles is 2. The number of hydrogen-bond acceptors (Lipinski definition) is 3. The van der Waals surface area contributed by atoms with Crippen molar-refractivity contribution in [1.29, 1.82) is 10.5 Å². The van der Waals surface area contributed by atoms with Gasteiger partial charge in [0.25, 0.3) is 0 Å². The number of nitrogens with zero attached hydrogens (tertiary/aromatic N) is 3. The molecule has 0 spiro atoms. The fourth-order valence-electron chi connectivity index (χ4n) is 1.67. The summed E-state index contributed by atoms with van der Waals surface area (Å²) in [6.45, 7) is 2.89. The van der Waals surface area contributed by atoms with Crippen LogP contribution in [-0.2, 0) is 6.54 Å². The van der Waals surface area contributed by atoms with E-state index in [0.717, 1.165) is 0 Å². The Morgan fingerprint density at radius 3 is 2.71 bits per heavy atom. The second-order valence-electron chi connectivity index (χ2n) is 4.14. The molecule has 4 heteroatoms. The number of halogens is 1. The Hall–Kier alpha value is -1.91. The molecule has 1 unspecified atom stereocenters. The average Bonchev–Trinajstić information content (AvgIpc) is 2.29. The van der Waals surface area contributed by atoms with Gasteiger partial charge in [-0.2, -0.15) is 10.5 Å². The van der Waals surface area contributed by atoms with Gasteiger partial charge >= 0.3 is 0 Å². The zero-order valence-electron chi connectivity index (χ0n) is 9.94. The van der Waals surface area contributed by atoms with Crippen molar-refractivity contribution in [2.75, 3.05) is 13.6 Å². The summed E-state index contributed by atoms with van der Waals surface area (Å²) in [6, 6.07) is 8.30. The van der Waals surface area contributed by atoms with E-state index in [1.165, 1.54) is 18.2 Å². The molecule has 3 nitrogen and oxygen atoms in total. The summed E-state index contributed by atoms with van der Waals surface area (Å²) >= 11 is 0. The van der Waals surface area contributed by atoms with Crippen molar-refractivity contribution in [3.63, 3.8) is 0 Å². The second-order valence-corrected chi connectivity index (χ2v) is 4.14. The first-order valence-electron chi connectivity index (χ1n) is 5.33. The highest BCUT2D eigenvalue weighted by Gasteiger charge is 2.09. The summed E-state index contributed by atoms with van der Waals surface area (Å²) in [7, 11) is 1.85. The van der Waals surface area contributed by atoms with E-state index in [1.807, 2.05) is 24.9 Å². The largest absolute Gasteiger partial charge is 0.301 e. The molecule has 0 bridgehead atoms. The minimum Gasteiger partial charge on any atom is -0.301 e. The first-order valence-corrected chi connectivity index (χ1v) is 5.33. The third-order valence-electron chi connectivity index (χ3n) is 2.43. The molecular weight excluding hydrogens is 217 g/mol. The van der Waals surface area contributed by atoms with E-state index in [4.69, 9.17) is 10.5 Å². The summed E-state index contributed by atoms with van der Waals surface area (Å²) < 4.78 is 13.1. The molecule has 0 radical (unpaired) electrons. The van der Waals surface area contributed by atoms with Gasteiger partial charge in [-0.15, -0.1) is 0 Å². The monoisotopic (exact) mass is 231 g/mol. The molecule has 0 aliphatic rings. The fraction of sp³-hybridized carbons (Fsp3) is 0.385. The standard InChI is InChI=1S/C13H14FN3/c1-10(6-15)8-17(2)9-12-5-13(14)4-3-11(12)7-16/h3-5,10H,8-9H2,1-2H3. The van der Waals surface area contributed by atoms with E-state index >= 15 is 0 Å². The third-order valence-corrected chi connectivity index (χ3v) is 2.43. The first-order chi connectivity index (χ1) is 8.06. The van der Waals surface area contributed by atoms with Crippen molar-refractivity contribution < 1.29 is 4.39 Å².